The Bertz CT molecular complexity index is 1020. The molecular weight excluding hydrogens is 402 g/mol. The third-order valence-corrected chi connectivity index (χ3v) is 4.41. The van der Waals surface area contributed by atoms with Crippen LogP contribution < -0.4 is 5.32 Å². The molecule has 1 aromatic heterocycles. The van der Waals surface area contributed by atoms with E-state index in [1.54, 1.807) is 6.07 Å². The molecule has 0 saturated carbocycles. The fourth-order valence-electron chi connectivity index (χ4n) is 2.68. The van der Waals surface area contributed by atoms with E-state index in [-0.39, 0.29) is 38.9 Å². The van der Waals surface area contributed by atoms with Gasteiger partial charge in [-0.1, -0.05) is 41.4 Å². The van der Waals surface area contributed by atoms with Crippen molar-refractivity contribution in [2.75, 3.05) is 5.32 Å². The maximum Gasteiger partial charge on any atom is 0.449 e. The quantitative estimate of drug-likeness (QED) is 0.549. The minimum atomic E-state index is -4.66. The molecule has 0 aliphatic rings. The van der Waals surface area contributed by atoms with Crippen LogP contribution in [0.15, 0.2) is 49.1 Å². The fourth-order valence-corrected chi connectivity index (χ4v) is 3.25. The van der Waals surface area contributed by atoms with Gasteiger partial charge in [-0.25, -0.2) is 4.98 Å². The number of carbonyl (C=O) groups is 1. The van der Waals surface area contributed by atoms with Gasteiger partial charge in [0, 0.05) is 6.54 Å². The Kier molecular flexibility index (Phi) is 5.17. The topological polar surface area (TPSA) is 46.9 Å². The van der Waals surface area contributed by atoms with Crippen molar-refractivity contribution in [2.24, 2.45) is 0 Å². The molecule has 0 aliphatic carbocycles. The van der Waals surface area contributed by atoms with Gasteiger partial charge in [0.25, 0.3) is 5.91 Å². The number of nitrogens with one attached hydrogen (secondary N) is 1. The van der Waals surface area contributed by atoms with Crippen molar-refractivity contribution in [3.63, 3.8) is 0 Å². The van der Waals surface area contributed by atoms with Gasteiger partial charge in [-0.2, -0.15) is 13.2 Å². The molecule has 3 rings (SSSR count). The number of nitrogens with zero attached hydrogens (tertiary/aromatic N) is 2. The van der Waals surface area contributed by atoms with Gasteiger partial charge in [0.15, 0.2) is 0 Å². The first-order valence-corrected chi connectivity index (χ1v) is 8.42. The number of carbonyl (C=O) groups excluding carboxylic acids is 1. The van der Waals surface area contributed by atoms with Crippen LogP contribution in [0.4, 0.5) is 18.9 Å². The summed E-state index contributed by atoms with van der Waals surface area (Å²) < 4.78 is 41.0. The Morgan fingerprint density at radius 3 is 2.41 bits per heavy atom. The van der Waals surface area contributed by atoms with Crippen LogP contribution in [0.25, 0.3) is 11.0 Å². The molecule has 0 aliphatic heterocycles. The number of anilines is 1. The van der Waals surface area contributed by atoms with Gasteiger partial charge in [0.05, 0.1) is 26.8 Å². The van der Waals surface area contributed by atoms with E-state index in [4.69, 9.17) is 23.2 Å². The van der Waals surface area contributed by atoms with Gasteiger partial charge in [0.2, 0.25) is 5.82 Å². The van der Waals surface area contributed by atoms with Gasteiger partial charge in [-0.05, 0) is 24.3 Å². The first-order chi connectivity index (χ1) is 12.7. The highest BCUT2D eigenvalue weighted by Gasteiger charge is 2.37. The smallest absolute Gasteiger partial charge is 0.320 e. The Morgan fingerprint density at radius 2 is 1.81 bits per heavy atom. The molecule has 27 heavy (non-hydrogen) atoms. The zero-order valence-electron chi connectivity index (χ0n) is 13.6. The lowest BCUT2D eigenvalue weighted by Crippen LogP contribution is -2.14. The monoisotopic (exact) mass is 413 g/mol. The molecule has 0 bridgehead atoms. The van der Waals surface area contributed by atoms with Crippen LogP contribution in [0.3, 0.4) is 0 Å². The molecule has 9 heteroatoms. The number of rotatable bonds is 4. The summed E-state index contributed by atoms with van der Waals surface area (Å²) in [6.07, 6.45) is -3.32. The number of benzene rings is 2. The van der Waals surface area contributed by atoms with Gasteiger partial charge >= 0.3 is 6.18 Å². The van der Waals surface area contributed by atoms with Crippen molar-refractivity contribution in [2.45, 2.75) is 12.7 Å². The van der Waals surface area contributed by atoms with E-state index < -0.39 is 17.9 Å². The molecule has 0 saturated heterocycles. The molecule has 1 amide bonds. The number of aromatic nitrogens is 2. The van der Waals surface area contributed by atoms with E-state index in [1.165, 1.54) is 36.4 Å². The summed E-state index contributed by atoms with van der Waals surface area (Å²) in [4.78, 5) is 16.3. The minimum absolute atomic E-state index is 0.00296. The maximum absolute atomic E-state index is 13.3. The zero-order chi connectivity index (χ0) is 19.8. The maximum atomic E-state index is 13.3. The second-order valence-electron chi connectivity index (χ2n) is 5.56. The SMILES string of the molecule is C=CCn1c(C(F)(F)F)nc2c(NC(=O)c3c(Cl)cccc3Cl)cccc21. The highest BCUT2D eigenvalue weighted by Crippen LogP contribution is 2.34. The predicted molar refractivity (Wildman–Crippen MR) is 99.3 cm³/mol. The Hall–Kier alpha value is -2.51. The second kappa shape index (κ2) is 7.25. The third-order valence-electron chi connectivity index (χ3n) is 3.78. The van der Waals surface area contributed by atoms with Gasteiger partial charge in [-0.3, -0.25) is 4.79 Å². The molecular formula is C18H12Cl2F3N3O. The average Bonchev–Trinajstić information content (AvgIpc) is 2.95. The van der Waals surface area contributed by atoms with Crippen LogP contribution in [0.1, 0.15) is 16.2 Å². The van der Waals surface area contributed by atoms with Gasteiger partial charge < -0.3 is 9.88 Å². The van der Waals surface area contributed by atoms with E-state index in [0.717, 1.165) is 4.57 Å². The molecule has 1 N–H and O–H groups in total. The van der Waals surface area contributed by atoms with Gasteiger partial charge in [0.1, 0.15) is 5.52 Å². The Labute approximate surface area is 162 Å². The normalized spacial score (nSPS) is 11.6. The largest absolute Gasteiger partial charge is 0.449 e. The van der Waals surface area contributed by atoms with Crippen molar-refractivity contribution in [1.29, 1.82) is 0 Å². The predicted octanol–water partition coefficient (Wildman–Crippen LogP) is 5.80. The number of halogens is 5. The highest BCUT2D eigenvalue weighted by molar-refractivity contribution is 6.40. The first kappa shape index (κ1) is 19.3. The third kappa shape index (κ3) is 3.65. The van der Waals surface area contributed by atoms with Gasteiger partial charge in [-0.15, -0.1) is 6.58 Å². The molecule has 0 atom stereocenters. The lowest BCUT2D eigenvalue weighted by atomic mass is 10.2. The van der Waals surface area contributed by atoms with Crippen molar-refractivity contribution in [3.8, 4) is 0 Å². The van der Waals surface area contributed by atoms with E-state index in [2.05, 4.69) is 16.9 Å². The van der Waals surface area contributed by atoms with Crippen molar-refractivity contribution < 1.29 is 18.0 Å². The standard InChI is InChI=1S/C18H12Cl2F3N3O/c1-2-9-26-13-8-4-7-12(15(13)25-17(26)18(21,22)23)24-16(27)14-10(19)5-3-6-11(14)20/h2-8H,1,9H2,(H,24,27). The van der Waals surface area contributed by atoms with E-state index in [1.807, 2.05) is 0 Å². The molecule has 3 aromatic rings. The van der Waals surface area contributed by atoms with E-state index in [0.29, 0.717) is 0 Å². The molecule has 2 aromatic carbocycles. The fraction of sp³-hybridized carbons (Fsp3) is 0.111. The molecule has 4 nitrogen and oxygen atoms in total. The van der Waals surface area contributed by atoms with Crippen molar-refractivity contribution in [3.05, 3.63) is 70.5 Å². The molecule has 140 valence electrons. The van der Waals surface area contributed by atoms with Crippen LogP contribution in [-0.2, 0) is 12.7 Å². The number of para-hydroxylation sites is 1. The summed E-state index contributed by atoms with van der Waals surface area (Å²) in [6.45, 7) is 3.40. The molecule has 1 heterocycles. The number of allylic oxidation sites excluding steroid dienone is 1. The van der Waals surface area contributed by atoms with Crippen molar-refractivity contribution in [1.82, 2.24) is 9.55 Å². The summed E-state index contributed by atoms with van der Waals surface area (Å²) in [5.41, 5.74) is 0.356. The van der Waals surface area contributed by atoms with Crippen LogP contribution in [-0.4, -0.2) is 15.5 Å². The van der Waals surface area contributed by atoms with Crippen molar-refractivity contribution >= 4 is 45.8 Å². The molecule has 0 unspecified atom stereocenters. The first-order valence-electron chi connectivity index (χ1n) is 7.66. The van der Waals surface area contributed by atoms with Crippen LogP contribution >= 0.6 is 23.2 Å². The lowest BCUT2D eigenvalue weighted by Gasteiger charge is -2.10. The zero-order valence-corrected chi connectivity index (χ0v) is 15.2. The summed E-state index contributed by atoms with van der Waals surface area (Å²) in [5.74, 6) is -1.72. The summed E-state index contributed by atoms with van der Waals surface area (Å²) in [5, 5.41) is 2.79. The molecule has 0 spiro atoms. The Morgan fingerprint density at radius 1 is 1.19 bits per heavy atom. The van der Waals surface area contributed by atoms with E-state index in [9.17, 15) is 18.0 Å². The summed E-state index contributed by atoms with van der Waals surface area (Å²) >= 11 is 12.0. The van der Waals surface area contributed by atoms with Crippen LogP contribution in [0, 0.1) is 0 Å². The lowest BCUT2D eigenvalue weighted by molar-refractivity contribution is -0.146. The van der Waals surface area contributed by atoms with Crippen LogP contribution in [0.2, 0.25) is 10.0 Å². The number of alkyl halides is 3. The van der Waals surface area contributed by atoms with E-state index >= 15 is 0 Å². The number of hydrogen-bond acceptors (Lipinski definition) is 2. The summed E-state index contributed by atoms with van der Waals surface area (Å²) in [6, 6.07) is 9.02. The molecule has 0 radical (unpaired) electrons. The van der Waals surface area contributed by atoms with Crippen LogP contribution in [0.5, 0.6) is 0 Å². The Balaban J connectivity index is 2.10. The highest BCUT2D eigenvalue weighted by atomic mass is 35.5. The molecule has 0 fully saturated rings. The summed E-state index contributed by atoms with van der Waals surface area (Å²) in [7, 11) is 0. The minimum Gasteiger partial charge on any atom is -0.320 e. The number of imidazole rings is 1. The number of amides is 1. The second-order valence-corrected chi connectivity index (χ2v) is 6.37. The number of fused-ring (bicyclic) bond motifs is 1. The number of hydrogen-bond donors (Lipinski definition) is 1. The average molecular weight is 414 g/mol.